The Hall–Kier alpha value is -1.30. The third kappa shape index (κ3) is 2.04. The Morgan fingerprint density at radius 3 is 2.27 bits per heavy atom. The molecule has 1 aliphatic rings. The summed E-state index contributed by atoms with van der Waals surface area (Å²) < 4.78 is 0.544. The molecule has 1 aliphatic heterocycles. The van der Waals surface area contributed by atoms with Crippen LogP contribution in [0.25, 0.3) is 0 Å². The average molecular weight is 226 g/mol. The molecule has 4 N–H and O–H groups in total. The third-order valence-corrected chi connectivity index (χ3v) is 3.38. The van der Waals surface area contributed by atoms with Crippen LogP contribution in [0.2, 0.25) is 0 Å². The van der Waals surface area contributed by atoms with Crippen molar-refractivity contribution in [2.75, 3.05) is 41.0 Å². The zero-order valence-corrected chi connectivity index (χ0v) is 9.17. The molecule has 0 bridgehead atoms. The van der Waals surface area contributed by atoms with E-state index in [9.17, 15) is 5.21 Å². The molecule has 1 fully saturated rings. The van der Waals surface area contributed by atoms with Gasteiger partial charge in [0.15, 0.2) is 0 Å². The van der Waals surface area contributed by atoms with Crippen molar-refractivity contribution in [3.63, 3.8) is 0 Å². The van der Waals surface area contributed by atoms with Crippen molar-refractivity contribution in [3.05, 3.63) is 17.3 Å². The monoisotopic (exact) mass is 226 g/mol. The summed E-state index contributed by atoms with van der Waals surface area (Å²) in [4.78, 5) is 2.20. The van der Waals surface area contributed by atoms with E-state index in [1.807, 2.05) is 11.8 Å². The molecular weight excluding hydrogens is 212 g/mol. The minimum absolute atomic E-state index is 0.156. The summed E-state index contributed by atoms with van der Waals surface area (Å²) in [5, 5.41) is 11.2. The second-order valence-electron chi connectivity index (χ2n) is 3.46. The second-order valence-corrected chi connectivity index (χ2v) is 4.68. The van der Waals surface area contributed by atoms with E-state index in [2.05, 4.69) is 4.90 Å². The minimum atomic E-state index is 0.156. The smallest absolute Gasteiger partial charge is 0.221 e. The third-order valence-electron chi connectivity index (χ3n) is 2.44. The SMILES string of the molecule is Nc1cc(N2CCSCC2)cc(N)[n+]1[O-]. The lowest BCUT2D eigenvalue weighted by atomic mass is 10.3. The number of aromatic nitrogens is 1. The second kappa shape index (κ2) is 4.06. The van der Waals surface area contributed by atoms with Gasteiger partial charge in [-0.2, -0.15) is 11.8 Å². The molecule has 0 saturated carbocycles. The van der Waals surface area contributed by atoms with Gasteiger partial charge in [-0.15, -0.1) is 0 Å². The fraction of sp³-hybridized carbons (Fsp3) is 0.444. The maximum Gasteiger partial charge on any atom is 0.221 e. The van der Waals surface area contributed by atoms with Crippen molar-refractivity contribution in [3.8, 4) is 0 Å². The van der Waals surface area contributed by atoms with Gasteiger partial charge in [0.05, 0.1) is 0 Å². The van der Waals surface area contributed by atoms with Crippen LogP contribution in [0.1, 0.15) is 0 Å². The van der Waals surface area contributed by atoms with Gasteiger partial charge in [0.1, 0.15) is 0 Å². The first-order chi connectivity index (χ1) is 7.18. The summed E-state index contributed by atoms with van der Waals surface area (Å²) in [7, 11) is 0. The highest BCUT2D eigenvalue weighted by Gasteiger charge is 2.14. The zero-order valence-electron chi connectivity index (χ0n) is 8.35. The van der Waals surface area contributed by atoms with Crippen molar-refractivity contribution < 1.29 is 4.73 Å². The van der Waals surface area contributed by atoms with E-state index in [1.54, 1.807) is 12.1 Å². The van der Waals surface area contributed by atoms with Crippen molar-refractivity contribution in [1.82, 2.24) is 0 Å². The van der Waals surface area contributed by atoms with Gasteiger partial charge in [0, 0.05) is 42.4 Å². The number of pyridine rings is 1. The largest absolute Gasteiger partial charge is 0.740 e. The Kier molecular flexibility index (Phi) is 2.77. The molecule has 82 valence electrons. The van der Waals surface area contributed by atoms with E-state index < -0.39 is 0 Å². The van der Waals surface area contributed by atoms with Gasteiger partial charge < -0.3 is 21.6 Å². The van der Waals surface area contributed by atoms with Gasteiger partial charge >= 0.3 is 0 Å². The highest BCUT2D eigenvalue weighted by Crippen LogP contribution is 2.21. The number of nitrogen functional groups attached to an aromatic ring is 2. The van der Waals surface area contributed by atoms with E-state index in [-0.39, 0.29) is 11.6 Å². The van der Waals surface area contributed by atoms with Crippen molar-refractivity contribution in [2.45, 2.75) is 0 Å². The van der Waals surface area contributed by atoms with Crippen LogP contribution in [0.5, 0.6) is 0 Å². The van der Waals surface area contributed by atoms with Crippen LogP contribution >= 0.6 is 11.8 Å². The molecule has 2 heterocycles. The topological polar surface area (TPSA) is 82.2 Å². The first-order valence-corrected chi connectivity index (χ1v) is 5.95. The van der Waals surface area contributed by atoms with E-state index in [0.29, 0.717) is 4.73 Å². The Balaban J connectivity index is 2.27. The standard InChI is InChI=1S/C9H14N4OS/c10-8-5-7(6-9(11)13(8)14)12-1-3-15-4-2-12/h5-6H,1-4,10-11H2. The van der Waals surface area contributed by atoms with Gasteiger partial charge in [0.25, 0.3) is 0 Å². The summed E-state index contributed by atoms with van der Waals surface area (Å²) in [5.74, 6) is 2.52. The van der Waals surface area contributed by atoms with Crippen LogP contribution in [0.15, 0.2) is 12.1 Å². The molecule has 0 aliphatic carbocycles. The van der Waals surface area contributed by atoms with E-state index >= 15 is 0 Å². The number of rotatable bonds is 1. The van der Waals surface area contributed by atoms with Gasteiger partial charge in [0.2, 0.25) is 11.6 Å². The van der Waals surface area contributed by atoms with Crippen molar-refractivity contribution >= 4 is 29.1 Å². The number of nitrogens with two attached hydrogens (primary N) is 2. The highest BCUT2D eigenvalue weighted by molar-refractivity contribution is 7.99. The molecule has 1 saturated heterocycles. The fourth-order valence-electron chi connectivity index (χ4n) is 1.62. The molecule has 15 heavy (non-hydrogen) atoms. The van der Waals surface area contributed by atoms with Crippen molar-refractivity contribution in [2.24, 2.45) is 0 Å². The normalized spacial score (nSPS) is 16.7. The van der Waals surface area contributed by atoms with E-state index in [4.69, 9.17) is 11.5 Å². The Morgan fingerprint density at radius 1 is 1.20 bits per heavy atom. The fourth-order valence-corrected chi connectivity index (χ4v) is 2.52. The van der Waals surface area contributed by atoms with E-state index in [1.165, 1.54) is 0 Å². The van der Waals surface area contributed by atoms with Crippen LogP contribution in [-0.4, -0.2) is 24.6 Å². The first kappa shape index (κ1) is 10.2. The molecule has 1 aromatic heterocycles. The van der Waals surface area contributed by atoms with Crippen LogP contribution < -0.4 is 21.1 Å². The lowest BCUT2D eigenvalue weighted by Crippen LogP contribution is -2.37. The molecular formula is C9H14N4OS. The molecule has 0 radical (unpaired) electrons. The minimum Gasteiger partial charge on any atom is -0.740 e. The number of nitrogens with zero attached hydrogens (tertiary/aromatic N) is 2. The van der Waals surface area contributed by atoms with Crippen LogP contribution in [-0.2, 0) is 0 Å². The van der Waals surface area contributed by atoms with Gasteiger partial charge in [-0.05, 0) is 0 Å². The Labute approximate surface area is 92.6 Å². The molecule has 0 atom stereocenters. The zero-order chi connectivity index (χ0) is 10.8. The number of hydrogen-bond acceptors (Lipinski definition) is 5. The number of hydrogen-bond donors (Lipinski definition) is 2. The molecule has 6 heteroatoms. The molecule has 2 rings (SSSR count). The Bertz CT molecular complexity index is 342. The molecule has 0 aromatic carbocycles. The maximum absolute atomic E-state index is 11.2. The number of thioether (sulfide) groups is 1. The summed E-state index contributed by atoms with van der Waals surface area (Å²) >= 11 is 1.93. The van der Waals surface area contributed by atoms with Crippen LogP contribution in [0.4, 0.5) is 17.3 Å². The highest BCUT2D eigenvalue weighted by atomic mass is 32.2. The van der Waals surface area contributed by atoms with Crippen molar-refractivity contribution in [1.29, 1.82) is 0 Å². The van der Waals surface area contributed by atoms with E-state index in [0.717, 1.165) is 30.3 Å². The lowest BCUT2D eigenvalue weighted by molar-refractivity contribution is -0.574. The quantitative estimate of drug-likeness (QED) is 0.522. The summed E-state index contributed by atoms with van der Waals surface area (Å²) in [6.45, 7) is 1.96. The molecule has 1 aromatic rings. The average Bonchev–Trinajstić information content (AvgIpc) is 2.26. The summed E-state index contributed by atoms with van der Waals surface area (Å²) in [6.07, 6.45) is 0. The van der Waals surface area contributed by atoms with Crippen LogP contribution in [0.3, 0.4) is 0 Å². The molecule has 0 unspecified atom stereocenters. The summed E-state index contributed by atoms with van der Waals surface area (Å²) in [5.41, 5.74) is 12.1. The predicted octanol–water partition coefficient (Wildman–Crippen LogP) is 0.0376. The van der Waals surface area contributed by atoms with Gasteiger partial charge in [-0.1, -0.05) is 0 Å². The first-order valence-electron chi connectivity index (χ1n) is 4.80. The maximum atomic E-state index is 11.2. The lowest BCUT2D eigenvalue weighted by Gasteiger charge is -2.29. The van der Waals surface area contributed by atoms with Crippen LogP contribution in [0, 0.1) is 5.21 Å². The molecule has 0 amide bonds. The Morgan fingerprint density at radius 2 is 1.73 bits per heavy atom. The van der Waals surface area contributed by atoms with Gasteiger partial charge in [-0.3, -0.25) is 0 Å². The number of anilines is 3. The predicted molar refractivity (Wildman–Crippen MR) is 63.8 cm³/mol. The van der Waals surface area contributed by atoms with Gasteiger partial charge in [-0.25, -0.2) is 4.73 Å². The molecule has 5 nitrogen and oxygen atoms in total. The summed E-state index contributed by atoms with van der Waals surface area (Å²) in [6, 6.07) is 3.36. The molecule has 0 spiro atoms.